The molecule has 2 aromatic carbocycles. The van der Waals surface area contributed by atoms with Crippen LogP contribution in [0.25, 0.3) is 11.0 Å². The predicted octanol–water partition coefficient (Wildman–Crippen LogP) is 4.77. The maximum atomic E-state index is 10.4. The highest BCUT2D eigenvalue weighted by Gasteiger charge is 2.18. The Labute approximate surface area is 129 Å². The van der Waals surface area contributed by atoms with E-state index in [4.69, 9.17) is 16.0 Å². The van der Waals surface area contributed by atoms with Crippen LogP contribution in [0.1, 0.15) is 17.4 Å². The van der Waals surface area contributed by atoms with Gasteiger partial charge in [0.25, 0.3) is 0 Å². The molecule has 0 radical (unpaired) electrons. The highest BCUT2D eigenvalue weighted by atomic mass is 127. The van der Waals surface area contributed by atoms with E-state index < -0.39 is 6.10 Å². The lowest BCUT2D eigenvalue weighted by atomic mass is 10.1. The van der Waals surface area contributed by atoms with E-state index in [2.05, 4.69) is 22.6 Å². The first kappa shape index (κ1) is 13.0. The molecule has 19 heavy (non-hydrogen) atoms. The molecule has 0 aliphatic heterocycles. The van der Waals surface area contributed by atoms with E-state index in [1.807, 2.05) is 42.5 Å². The van der Waals surface area contributed by atoms with Gasteiger partial charge in [0, 0.05) is 14.5 Å². The van der Waals surface area contributed by atoms with Gasteiger partial charge in [-0.25, -0.2) is 0 Å². The predicted molar refractivity (Wildman–Crippen MR) is 84.4 cm³/mol. The van der Waals surface area contributed by atoms with Crippen LogP contribution in [-0.4, -0.2) is 5.11 Å². The number of aliphatic hydroxyl groups is 1. The van der Waals surface area contributed by atoms with Gasteiger partial charge >= 0.3 is 0 Å². The van der Waals surface area contributed by atoms with Crippen LogP contribution in [0.15, 0.2) is 52.9 Å². The zero-order chi connectivity index (χ0) is 13.4. The van der Waals surface area contributed by atoms with Gasteiger partial charge in [-0.05, 0) is 40.8 Å². The van der Waals surface area contributed by atoms with Gasteiger partial charge in [0.15, 0.2) is 5.58 Å². The minimum atomic E-state index is -0.781. The molecule has 96 valence electrons. The zero-order valence-electron chi connectivity index (χ0n) is 9.81. The molecule has 0 saturated heterocycles. The fourth-order valence-electron chi connectivity index (χ4n) is 2.03. The summed E-state index contributed by atoms with van der Waals surface area (Å²) in [6.45, 7) is 0. The van der Waals surface area contributed by atoms with Crippen LogP contribution < -0.4 is 0 Å². The molecule has 0 aliphatic rings. The second-order valence-corrected chi connectivity index (χ2v) is 5.80. The molecule has 4 heteroatoms. The number of rotatable bonds is 2. The third kappa shape index (κ3) is 2.38. The molecule has 1 heterocycles. The number of furan rings is 1. The summed E-state index contributed by atoms with van der Waals surface area (Å²) in [5.74, 6) is 0.507. The van der Waals surface area contributed by atoms with E-state index in [9.17, 15) is 5.11 Å². The third-order valence-corrected chi connectivity index (χ3v) is 4.26. The van der Waals surface area contributed by atoms with Gasteiger partial charge in [0.05, 0.1) is 5.02 Å². The summed E-state index contributed by atoms with van der Waals surface area (Å²) in [5.41, 5.74) is 1.45. The Kier molecular flexibility index (Phi) is 3.52. The van der Waals surface area contributed by atoms with Crippen molar-refractivity contribution in [3.05, 3.63) is 68.4 Å². The van der Waals surface area contributed by atoms with Crippen molar-refractivity contribution >= 4 is 45.2 Å². The number of halogens is 2. The topological polar surface area (TPSA) is 33.4 Å². The van der Waals surface area contributed by atoms with E-state index >= 15 is 0 Å². The molecule has 1 N–H and O–H groups in total. The quantitative estimate of drug-likeness (QED) is 0.646. The summed E-state index contributed by atoms with van der Waals surface area (Å²) in [4.78, 5) is 0. The number of benzene rings is 2. The molecule has 3 aromatic rings. The van der Waals surface area contributed by atoms with Gasteiger partial charge in [-0.15, -0.1) is 0 Å². The van der Waals surface area contributed by atoms with Crippen molar-refractivity contribution in [2.24, 2.45) is 0 Å². The smallest absolute Gasteiger partial charge is 0.153 e. The SMILES string of the molecule is OC(c1cc2cccc(Cl)c2o1)c1ccccc1I. The minimum absolute atomic E-state index is 0.507. The maximum absolute atomic E-state index is 10.4. The van der Waals surface area contributed by atoms with Crippen LogP contribution in [0.4, 0.5) is 0 Å². The first-order valence-electron chi connectivity index (χ1n) is 5.77. The molecule has 0 aliphatic carbocycles. The maximum Gasteiger partial charge on any atom is 0.153 e. The molecule has 1 unspecified atom stereocenters. The van der Waals surface area contributed by atoms with Crippen molar-refractivity contribution in [3.8, 4) is 0 Å². The molecule has 0 amide bonds. The van der Waals surface area contributed by atoms with Gasteiger partial charge in [-0.2, -0.15) is 0 Å². The fourth-order valence-corrected chi connectivity index (χ4v) is 2.94. The van der Waals surface area contributed by atoms with Crippen LogP contribution in [0.3, 0.4) is 0 Å². The molecular weight excluding hydrogens is 375 g/mol. The van der Waals surface area contributed by atoms with Crippen LogP contribution >= 0.6 is 34.2 Å². The summed E-state index contributed by atoms with van der Waals surface area (Å²) in [6, 6.07) is 15.1. The van der Waals surface area contributed by atoms with Gasteiger partial charge in [-0.1, -0.05) is 41.9 Å². The van der Waals surface area contributed by atoms with Crippen molar-refractivity contribution in [2.45, 2.75) is 6.10 Å². The van der Waals surface area contributed by atoms with Crippen molar-refractivity contribution < 1.29 is 9.52 Å². The van der Waals surface area contributed by atoms with Crippen LogP contribution in [0.5, 0.6) is 0 Å². The van der Waals surface area contributed by atoms with Gasteiger partial charge in [0.1, 0.15) is 11.9 Å². The number of hydrogen-bond donors (Lipinski definition) is 1. The van der Waals surface area contributed by atoms with E-state index in [1.54, 1.807) is 6.07 Å². The molecule has 0 fully saturated rings. The largest absolute Gasteiger partial charge is 0.456 e. The normalized spacial score (nSPS) is 12.8. The van der Waals surface area contributed by atoms with Gasteiger partial charge < -0.3 is 9.52 Å². The molecule has 0 bridgehead atoms. The molecule has 0 saturated carbocycles. The van der Waals surface area contributed by atoms with E-state index in [0.717, 1.165) is 14.5 Å². The Balaban J connectivity index is 2.10. The van der Waals surface area contributed by atoms with E-state index in [-0.39, 0.29) is 0 Å². The summed E-state index contributed by atoms with van der Waals surface area (Å²) in [5, 5.41) is 11.9. The Morgan fingerprint density at radius 3 is 2.63 bits per heavy atom. The number of para-hydroxylation sites is 1. The molecule has 1 atom stereocenters. The van der Waals surface area contributed by atoms with Gasteiger partial charge in [0.2, 0.25) is 0 Å². The van der Waals surface area contributed by atoms with Crippen LogP contribution in [-0.2, 0) is 0 Å². The number of fused-ring (bicyclic) bond motifs is 1. The second-order valence-electron chi connectivity index (χ2n) is 4.23. The van der Waals surface area contributed by atoms with Crippen molar-refractivity contribution in [2.75, 3.05) is 0 Å². The summed E-state index contributed by atoms with van der Waals surface area (Å²) in [7, 11) is 0. The number of hydrogen-bond acceptors (Lipinski definition) is 2. The second kappa shape index (κ2) is 5.15. The first-order chi connectivity index (χ1) is 9.16. The summed E-state index contributed by atoms with van der Waals surface area (Å²) >= 11 is 8.28. The average molecular weight is 385 g/mol. The monoisotopic (exact) mass is 384 g/mol. The standard InChI is InChI=1S/C15H10ClIO2/c16-11-6-3-4-9-8-13(19-15(9)11)14(18)10-5-1-2-7-12(10)17/h1-8,14,18H. The molecule has 2 nitrogen and oxygen atoms in total. The van der Waals surface area contributed by atoms with Crippen molar-refractivity contribution in [1.82, 2.24) is 0 Å². The molecule has 0 spiro atoms. The first-order valence-corrected chi connectivity index (χ1v) is 7.23. The van der Waals surface area contributed by atoms with Gasteiger partial charge in [-0.3, -0.25) is 0 Å². The summed E-state index contributed by atoms with van der Waals surface area (Å²) < 4.78 is 6.68. The van der Waals surface area contributed by atoms with Crippen LogP contribution in [0, 0.1) is 3.57 Å². The minimum Gasteiger partial charge on any atom is -0.456 e. The molecular formula is C15H10ClIO2. The number of aliphatic hydroxyl groups excluding tert-OH is 1. The average Bonchev–Trinajstić information content (AvgIpc) is 2.84. The highest BCUT2D eigenvalue weighted by Crippen LogP contribution is 2.33. The highest BCUT2D eigenvalue weighted by molar-refractivity contribution is 14.1. The lowest BCUT2D eigenvalue weighted by Gasteiger charge is -2.09. The van der Waals surface area contributed by atoms with E-state index in [0.29, 0.717) is 16.4 Å². The molecule has 1 aromatic heterocycles. The Morgan fingerprint density at radius 2 is 1.89 bits per heavy atom. The lowest BCUT2D eigenvalue weighted by molar-refractivity contribution is 0.191. The lowest BCUT2D eigenvalue weighted by Crippen LogP contribution is -2.00. The third-order valence-electron chi connectivity index (χ3n) is 2.98. The Morgan fingerprint density at radius 1 is 1.11 bits per heavy atom. The van der Waals surface area contributed by atoms with Crippen molar-refractivity contribution in [1.29, 1.82) is 0 Å². The Hall–Kier alpha value is -1.04. The van der Waals surface area contributed by atoms with Crippen LogP contribution in [0.2, 0.25) is 5.02 Å². The summed E-state index contributed by atoms with van der Waals surface area (Å²) in [6.07, 6.45) is -0.781. The molecule has 3 rings (SSSR count). The fraction of sp³-hybridized carbons (Fsp3) is 0.0667. The van der Waals surface area contributed by atoms with E-state index in [1.165, 1.54) is 0 Å². The Bertz CT molecular complexity index is 736. The zero-order valence-corrected chi connectivity index (χ0v) is 12.7. The van der Waals surface area contributed by atoms with Crippen molar-refractivity contribution in [3.63, 3.8) is 0 Å².